The number of hydrogen-bond donors (Lipinski definition) is 2. The topological polar surface area (TPSA) is 69.6 Å². The molecule has 0 spiro atoms. The molecule has 0 radical (unpaired) electrons. The Kier molecular flexibility index (Phi) is 6.12. The third-order valence-corrected chi connectivity index (χ3v) is 3.53. The molecule has 2 N–H and O–H groups in total. The number of amides is 1. The quantitative estimate of drug-likeness (QED) is 0.672. The number of aliphatic carboxylic acids is 1. The summed E-state index contributed by atoms with van der Waals surface area (Å²) < 4.78 is 0. The van der Waals surface area contributed by atoms with E-state index < -0.39 is 12.0 Å². The molecule has 0 aromatic rings. The standard InChI is InChI=1S/C13H24N2O3/c1-3-4-5-6-10(2)15-8-7-14-13(18)11(15)9-12(16)17/h10-11H,3-9H2,1-2H3,(H,14,18)(H,16,17). The Morgan fingerprint density at radius 1 is 1.56 bits per heavy atom. The zero-order chi connectivity index (χ0) is 13.5. The van der Waals surface area contributed by atoms with Crippen LogP contribution in [0.3, 0.4) is 0 Å². The van der Waals surface area contributed by atoms with Gasteiger partial charge in [-0.15, -0.1) is 0 Å². The SMILES string of the molecule is CCCCCC(C)N1CCNC(=O)C1CC(=O)O. The highest BCUT2D eigenvalue weighted by Crippen LogP contribution is 2.17. The molecule has 1 heterocycles. The van der Waals surface area contributed by atoms with E-state index in [1.54, 1.807) is 0 Å². The largest absolute Gasteiger partial charge is 0.481 e. The Morgan fingerprint density at radius 2 is 2.28 bits per heavy atom. The molecule has 0 saturated carbocycles. The van der Waals surface area contributed by atoms with Gasteiger partial charge in [-0.25, -0.2) is 0 Å². The number of hydrogen-bond acceptors (Lipinski definition) is 3. The van der Waals surface area contributed by atoms with Crippen molar-refractivity contribution in [3.63, 3.8) is 0 Å². The van der Waals surface area contributed by atoms with Crippen molar-refractivity contribution in [2.45, 2.75) is 58.0 Å². The maximum atomic E-state index is 11.8. The molecule has 0 aliphatic carbocycles. The zero-order valence-corrected chi connectivity index (χ0v) is 11.3. The summed E-state index contributed by atoms with van der Waals surface area (Å²) in [4.78, 5) is 24.6. The lowest BCUT2D eigenvalue weighted by atomic mass is 10.0. The highest BCUT2D eigenvalue weighted by Gasteiger charge is 2.33. The molecule has 5 heteroatoms. The second kappa shape index (κ2) is 7.36. The summed E-state index contributed by atoms with van der Waals surface area (Å²) in [7, 11) is 0. The number of piperazine rings is 1. The van der Waals surface area contributed by atoms with Crippen molar-refractivity contribution in [1.29, 1.82) is 0 Å². The Hall–Kier alpha value is -1.10. The fourth-order valence-electron chi connectivity index (χ4n) is 2.49. The monoisotopic (exact) mass is 256 g/mol. The first-order valence-corrected chi connectivity index (χ1v) is 6.81. The number of nitrogens with one attached hydrogen (secondary N) is 1. The van der Waals surface area contributed by atoms with Crippen molar-refractivity contribution in [3.05, 3.63) is 0 Å². The number of nitrogens with zero attached hydrogens (tertiary/aromatic N) is 1. The predicted molar refractivity (Wildman–Crippen MR) is 69.4 cm³/mol. The van der Waals surface area contributed by atoms with E-state index >= 15 is 0 Å². The van der Waals surface area contributed by atoms with Crippen LogP contribution in [0.2, 0.25) is 0 Å². The van der Waals surface area contributed by atoms with Crippen LogP contribution < -0.4 is 5.32 Å². The fourth-order valence-corrected chi connectivity index (χ4v) is 2.49. The molecule has 0 aromatic carbocycles. The van der Waals surface area contributed by atoms with Crippen LogP contribution in [0.5, 0.6) is 0 Å². The Bertz CT molecular complexity index is 294. The molecule has 1 fully saturated rings. The lowest BCUT2D eigenvalue weighted by Gasteiger charge is -2.38. The second-order valence-corrected chi connectivity index (χ2v) is 4.99. The van der Waals surface area contributed by atoms with E-state index in [0.717, 1.165) is 19.4 Å². The molecule has 1 amide bonds. The van der Waals surface area contributed by atoms with E-state index in [-0.39, 0.29) is 18.4 Å². The van der Waals surface area contributed by atoms with Gasteiger partial charge >= 0.3 is 5.97 Å². The fraction of sp³-hybridized carbons (Fsp3) is 0.846. The molecule has 1 saturated heterocycles. The molecule has 18 heavy (non-hydrogen) atoms. The Labute approximate surface area is 109 Å². The predicted octanol–water partition coefficient (Wildman–Crippen LogP) is 1.23. The van der Waals surface area contributed by atoms with E-state index in [9.17, 15) is 9.59 Å². The molecular weight excluding hydrogens is 232 g/mol. The van der Waals surface area contributed by atoms with Crippen molar-refractivity contribution >= 4 is 11.9 Å². The van der Waals surface area contributed by atoms with Crippen LogP contribution in [0.1, 0.15) is 46.0 Å². The van der Waals surface area contributed by atoms with E-state index in [4.69, 9.17) is 5.11 Å². The summed E-state index contributed by atoms with van der Waals surface area (Å²) in [5.41, 5.74) is 0. The second-order valence-electron chi connectivity index (χ2n) is 4.99. The van der Waals surface area contributed by atoms with Gasteiger partial charge in [0.15, 0.2) is 0 Å². The van der Waals surface area contributed by atoms with Gasteiger partial charge in [0.05, 0.1) is 12.5 Å². The molecule has 0 bridgehead atoms. The number of carbonyl (C=O) groups is 2. The summed E-state index contributed by atoms with van der Waals surface area (Å²) in [6.07, 6.45) is 4.41. The van der Waals surface area contributed by atoms with Crippen LogP contribution in [-0.4, -0.2) is 47.1 Å². The van der Waals surface area contributed by atoms with Gasteiger partial charge in [0.2, 0.25) is 5.91 Å². The van der Waals surface area contributed by atoms with Crippen LogP contribution in [0.15, 0.2) is 0 Å². The highest BCUT2D eigenvalue weighted by atomic mass is 16.4. The number of rotatable bonds is 7. The Morgan fingerprint density at radius 3 is 2.89 bits per heavy atom. The molecular formula is C13H24N2O3. The molecule has 1 rings (SSSR count). The van der Waals surface area contributed by atoms with Gasteiger partial charge in [0.1, 0.15) is 0 Å². The first-order chi connectivity index (χ1) is 8.56. The minimum atomic E-state index is -0.914. The van der Waals surface area contributed by atoms with Crippen molar-refractivity contribution in [2.24, 2.45) is 0 Å². The minimum absolute atomic E-state index is 0.107. The van der Waals surface area contributed by atoms with Crippen molar-refractivity contribution in [3.8, 4) is 0 Å². The van der Waals surface area contributed by atoms with Crippen LogP contribution in [0.25, 0.3) is 0 Å². The highest BCUT2D eigenvalue weighted by molar-refractivity contribution is 5.86. The van der Waals surface area contributed by atoms with Crippen LogP contribution in [0.4, 0.5) is 0 Å². The summed E-state index contributed by atoms with van der Waals surface area (Å²) >= 11 is 0. The third-order valence-electron chi connectivity index (χ3n) is 3.53. The zero-order valence-electron chi connectivity index (χ0n) is 11.3. The van der Waals surface area contributed by atoms with Gasteiger partial charge in [-0.1, -0.05) is 26.2 Å². The summed E-state index contributed by atoms with van der Waals surface area (Å²) in [5, 5.41) is 11.6. The van der Waals surface area contributed by atoms with Gasteiger partial charge in [-0.2, -0.15) is 0 Å². The van der Waals surface area contributed by atoms with Crippen molar-refractivity contribution in [2.75, 3.05) is 13.1 Å². The van der Waals surface area contributed by atoms with E-state index in [2.05, 4.69) is 19.2 Å². The smallest absolute Gasteiger partial charge is 0.305 e. The summed E-state index contributed by atoms with van der Waals surface area (Å²) in [6, 6.07) is -0.236. The molecule has 0 aromatic heterocycles. The Balaban J connectivity index is 2.57. The summed E-state index contributed by atoms with van der Waals surface area (Å²) in [5.74, 6) is -1.06. The average Bonchev–Trinajstić information content (AvgIpc) is 2.31. The van der Waals surface area contributed by atoms with Crippen molar-refractivity contribution < 1.29 is 14.7 Å². The molecule has 5 nitrogen and oxygen atoms in total. The lowest BCUT2D eigenvalue weighted by Crippen LogP contribution is -2.58. The molecule has 1 aliphatic rings. The molecule has 1 aliphatic heterocycles. The summed E-state index contributed by atoms with van der Waals surface area (Å²) in [6.45, 7) is 5.61. The van der Waals surface area contributed by atoms with Crippen LogP contribution in [0, 0.1) is 0 Å². The number of carbonyl (C=O) groups excluding carboxylic acids is 1. The first kappa shape index (κ1) is 15.0. The maximum absolute atomic E-state index is 11.8. The van der Waals surface area contributed by atoms with Gasteiger partial charge in [0.25, 0.3) is 0 Å². The minimum Gasteiger partial charge on any atom is -0.481 e. The van der Waals surface area contributed by atoms with E-state index in [1.807, 2.05) is 4.90 Å². The van der Waals surface area contributed by atoms with Gasteiger partial charge in [-0.3, -0.25) is 14.5 Å². The van der Waals surface area contributed by atoms with E-state index in [0.29, 0.717) is 6.54 Å². The number of carboxylic acid groups (broad SMARTS) is 1. The van der Waals surface area contributed by atoms with Gasteiger partial charge in [-0.05, 0) is 13.3 Å². The molecule has 2 atom stereocenters. The van der Waals surface area contributed by atoms with Crippen molar-refractivity contribution in [1.82, 2.24) is 10.2 Å². The molecule has 2 unspecified atom stereocenters. The average molecular weight is 256 g/mol. The van der Waals surface area contributed by atoms with Gasteiger partial charge < -0.3 is 10.4 Å². The number of unbranched alkanes of at least 4 members (excludes halogenated alkanes) is 2. The maximum Gasteiger partial charge on any atom is 0.305 e. The normalized spacial score (nSPS) is 22.6. The molecule has 104 valence electrons. The number of carboxylic acids is 1. The lowest BCUT2D eigenvalue weighted by molar-refractivity contribution is -0.143. The van der Waals surface area contributed by atoms with Crippen LogP contribution >= 0.6 is 0 Å². The van der Waals surface area contributed by atoms with Gasteiger partial charge in [0, 0.05) is 19.1 Å². The third kappa shape index (κ3) is 4.29. The first-order valence-electron chi connectivity index (χ1n) is 6.81. The van der Waals surface area contributed by atoms with E-state index in [1.165, 1.54) is 12.8 Å². The van der Waals surface area contributed by atoms with Crippen LogP contribution in [-0.2, 0) is 9.59 Å².